The molecule has 0 amide bonds. The Balaban J connectivity index is 0.00000144. The molecule has 1 heterocycles. The van der Waals surface area contributed by atoms with E-state index < -0.39 is 5.97 Å². The summed E-state index contributed by atoms with van der Waals surface area (Å²) < 4.78 is 4.41. The molecule has 4 heteroatoms. The summed E-state index contributed by atoms with van der Waals surface area (Å²) in [7, 11) is 1.35. The van der Waals surface area contributed by atoms with Crippen LogP contribution in [0.3, 0.4) is 0 Å². The summed E-state index contributed by atoms with van der Waals surface area (Å²) >= 11 is 0. The fraction of sp³-hybridized carbons (Fsp3) is 0.667. The first-order chi connectivity index (χ1) is 5.83. The molecule has 13 heavy (non-hydrogen) atoms. The molecule has 0 bridgehead atoms. The summed E-state index contributed by atoms with van der Waals surface area (Å²) in [6.07, 6.45) is 2.06. The van der Waals surface area contributed by atoms with Gasteiger partial charge in [-0.3, -0.25) is 0 Å². The number of methoxy groups -OCH3 is 1. The molecule has 1 aliphatic rings. The third-order valence-electron chi connectivity index (χ3n) is 1.90. The van der Waals surface area contributed by atoms with Crippen molar-refractivity contribution < 1.29 is 9.53 Å². The van der Waals surface area contributed by atoms with Gasteiger partial charge < -0.3 is 10.1 Å². The molecule has 1 saturated heterocycles. The molecule has 0 radical (unpaired) electrons. The van der Waals surface area contributed by atoms with Crippen molar-refractivity contribution in [1.29, 1.82) is 0 Å². The van der Waals surface area contributed by atoms with Crippen molar-refractivity contribution in [2.24, 2.45) is 5.92 Å². The third kappa shape index (κ3) is 4.76. The number of piperidine rings is 1. The van der Waals surface area contributed by atoms with Gasteiger partial charge in [-0.05, 0) is 25.9 Å². The van der Waals surface area contributed by atoms with Crippen LogP contribution in [0.2, 0.25) is 0 Å². The highest BCUT2D eigenvalue weighted by Crippen LogP contribution is 2.09. The molecule has 0 saturated carbocycles. The van der Waals surface area contributed by atoms with Crippen LogP contribution in [0.5, 0.6) is 0 Å². The van der Waals surface area contributed by atoms with Gasteiger partial charge in [0.25, 0.3) is 0 Å². The zero-order chi connectivity index (χ0) is 8.81. The Labute approximate surface area is 84.6 Å². The van der Waals surface area contributed by atoms with Gasteiger partial charge in [0, 0.05) is 11.8 Å². The van der Waals surface area contributed by atoms with Crippen LogP contribution in [0.15, 0.2) is 0 Å². The quantitative estimate of drug-likeness (QED) is 0.356. The number of ether oxygens (including phenoxy) is 1. The number of hydrogen-bond donors (Lipinski definition) is 1. The second-order valence-corrected chi connectivity index (χ2v) is 2.79. The molecule has 3 nitrogen and oxygen atoms in total. The Morgan fingerprint density at radius 2 is 2.08 bits per heavy atom. The van der Waals surface area contributed by atoms with Crippen molar-refractivity contribution in [1.82, 2.24) is 5.32 Å². The van der Waals surface area contributed by atoms with Crippen molar-refractivity contribution in [3.8, 4) is 11.8 Å². The van der Waals surface area contributed by atoms with Crippen LogP contribution in [-0.2, 0) is 9.53 Å². The molecule has 0 aromatic carbocycles. The van der Waals surface area contributed by atoms with Gasteiger partial charge in [0.1, 0.15) is 0 Å². The van der Waals surface area contributed by atoms with E-state index >= 15 is 0 Å². The summed E-state index contributed by atoms with van der Waals surface area (Å²) in [6, 6.07) is 0. The van der Waals surface area contributed by atoms with Crippen LogP contribution in [-0.4, -0.2) is 26.2 Å². The third-order valence-corrected chi connectivity index (χ3v) is 1.90. The fourth-order valence-electron chi connectivity index (χ4n) is 1.18. The van der Waals surface area contributed by atoms with Gasteiger partial charge in [-0.25, -0.2) is 4.79 Å². The Kier molecular flexibility index (Phi) is 6.38. The van der Waals surface area contributed by atoms with Crippen LogP contribution >= 0.6 is 12.4 Å². The van der Waals surface area contributed by atoms with Crippen molar-refractivity contribution in [3.05, 3.63) is 0 Å². The van der Waals surface area contributed by atoms with E-state index in [1.54, 1.807) is 0 Å². The molecule has 0 aliphatic carbocycles. The lowest BCUT2D eigenvalue weighted by Gasteiger charge is -2.16. The minimum Gasteiger partial charge on any atom is -0.459 e. The average Bonchev–Trinajstić information content (AvgIpc) is 2.16. The normalized spacial score (nSPS) is 16.4. The Morgan fingerprint density at radius 3 is 2.62 bits per heavy atom. The smallest absolute Gasteiger partial charge is 0.384 e. The van der Waals surface area contributed by atoms with Gasteiger partial charge in [-0.15, -0.1) is 12.4 Å². The number of halogens is 1. The molecular weight excluding hydrogens is 190 g/mol. The number of carbonyl (C=O) groups excluding carboxylic acids is 1. The number of hydrogen-bond acceptors (Lipinski definition) is 3. The average molecular weight is 204 g/mol. The summed E-state index contributed by atoms with van der Waals surface area (Å²) in [5.74, 6) is 5.30. The van der Waals surface area contributed by atoms with Gasteiger partial charge >= 0.3 is 5.97 Å². The molecule has 1 N–H and O–H groups in total. The van der Waals surface area contributed by atoms with Crippen molar-refractivity contribution in [2.45, 2.75) is 12.8 Å². The summed E-state index contributed by atoms with van der Waals surface area (Å²) in [4.78, 5) is 10.6. The van der Waals surface area contributed by atoms with E-state index in [9.17, 15) is 4.79 Å². The fourth-order valence-corrected chi connectivity index (χ4v) is 1.18. The first-order valence-corrected chi connectivity index (χ1v) is 4.13. The molecule has 0 aromatic heterocycles. The summed E-state index contributed by atoms with van der Waals surface area (Å²) in [5.41, 5.74) is 0. The highest BCUT2D eigenvalue weighted by molar-refractivity contribution is 5.88. The van der Waals surface area contributed by atoms with E-state index in [0.29, 0.717) is 5.92 Å². The Morgan fingerprint density at radius 1 is 1.46 bits per heavy atom. The highest BCUT2D eigenvalue weighted by Gasteiger charge is 2.09. The Hall–Kier alpha value is -0.720. The molecule has 1 aliphatic heterocycles. The van der Waals surface area contributed by atoms with Gasteiger partial charge in [-0.2, -0.15) is 0 Å². The van der Waals surface area contributed by atoms with Crippen LogP contribution in [0, 0.1) is 17.8 Å². The molecular formula is C9H14ClNO2. The van der Waals surface area contributed by atoms with E-state index in [1.807, 2.05) is 0 Å². The molecule has 0 unspecified atom stereocenters. The molecule has 74 valence electrons. The Bertz CT molecular complexity index is 213. The minimum atomic E-state index is -0.437. The van der Waals surface area contributed by atoms with E-state index in [0.717, 1.165) is 25.9 Å². The second kappa shape index (κ2) is 6.76. The maximum atomic E-state index is 10.6. The van der Waals surface area contributed by atoms with E-state index in [1.165, 1.54) is 7.11 Å². The van der Waals surface area contributed by atoms with Crippen LogP contribution in [0.4, 0.5) is 0 Å². The van der Waals surface area contributed by atoms with Crippen molar-refractivity contribution in [3.63, 3.8) is 0 Å². The van der Waals surface area contributed by atoms with Crippen LogP contribution in [0.1, 0.15) is 12.8 Å². The zero-order valence-electron chi connectivity index (χ0n) is 7.63. The highest BCUT2D eigenvalue weighted by atomic mass is 35.5. The maximum absolute atomic E-state index is 10.6. The van der Waals surface area contributed by atoms with Gasteiger partial charge in [0.2, 0.25) is 0 Å². The number of esters is 1. The molecule has 0 atom stereocenters. The van der Waals surface area contributed by atoms with Crippen molar-refractivity contribution >= 4 is 18.4 Å². The first kappa shape index (κ1) is 12.3. The monoisotopic (exact) mass is 203 g/mol. The lowest BCUT2D eigenvalue weighted by molar-refractivity contribution is -0.133. The standard InChI is InChI=1S/C9H13NO2.ClH/c1-12-9(11)3-2-8-4-6-10-7-5-8;/h8,10H,4-7H2,1H3;1H. The maximum Gasteiger partial charge on any atom is 0.384 e. The predicted molar refractivity (Wildman–Crippen MR) is 52.6 cm³/mol. The van der Waals surface area contributed by atoms with E-state index in [2.05, 4.69) is 21.9 Å². The zero-order valence-corrected chi connectivity index (χ0v) is 8.45. The van der Waals surface area contributed by atoms with Crippen LogP contribution in [0.25, 0.3) is 0 Å². The molecule has 0 spiro atoms. The second-order valence-electron chi connectivity index (χ2n) is 2.79. The topological polar surface area (TPSA) is 38.3 Å². The molecule has 1 fully saturated rings. The van der Waals surface area contributed by atoms with E-state index in [4.69, 9.17) is 0 Å². The first-order valence-electron chi connectivity index (χ1n) is 4.13. The lowest BCUT2D eigenvalue weighted by atomic mass is 9.99. The summed E-state index contributed by atoms with van der Waals surface area (Å²) in [6.45, 7) is 2.00. The van der Waals surface area contributed by atoms with E-state index in [-0.39, 0.29) is 12.4 Å². The largest absolute Gasteiger partial charge is 0.459 e. The summed E-state index contributed by atoms with van der Waals surface area (Å²) in [5, 5.41) is 3.23. The van der Waals surface area contributed by atoms with Crippen molar-refractivity contribution in [2.75, 3.05) is 20.2 Å². The minimum absolute atomic E-state index is 0. The lowest BCUT2D eigenvalue weighted by Crippen LogP contribution is -2.27. The number of carbonyl (C=O) groups is 1. The molecule has 1 rings (SSSR count). The van der Waals surface area contributed by atoms with Gasteiger partial charge in [-0.1, -0.05) is 5.92 Å². The van der Waals surface area contributed by atoms with Gasteiger partial charge in [0.05, 0.1) is 7.11 Å². The number of nitrogens with one attached hydrogen (secondary N) is 1. The number of rotatable bonds is 0. The molecule has 0 aromatic rings. The SMILES string of the molecule is COC(=O)C#CC1CCNCC1.Cl. The predicted octanol–water partition coefficient (Wildman–Crippen LogP) is 0.584. The van der Waals surface area contributed by atoms with Crippen LogP contribution < -0.4 is 5.32 Å². The van der Waals surface area contributed by atoms with Gasteiger partial charge in [0.15, 0.2) is 0 Å².